The summed E-state index contributed by atoms with van der Waals surface area (Å²) in [5.41, 5.74) is 5.91. The number of carbonyl (C=O) groups is 2. The van der Waals surface area contributed by atoms with Crippen LogP contribution >= 0.6 is 0 Å². The van der Waals surface area contributed by atoms with Gasteiger partial charge in [-0.3, -0.25) is 14.3 Å². The monoisotopic (exact) mass is 387 g/mol. The molecule has 2 amide bonds. The highest BCUT2D eigenvalue weighted by atomic mass is 16.2. The minimum Gasteiger partial charge on any atom is -0.369 e. The molecule has 1 aromatic rings. The van der Waals surface area contributed by atoms with Crippen LogP contribution < -0.4 is 16.0 Å². The molecular formula is C21H33N5O2. The van der Waals surface area contributed by atoms with Gasteiger partial charge in [0, 0.05) is 38.2 Å². The van der Waals surface area contributed by atoms with E-state index in [1.54, 1.807) is 4.68 Å². The second kappa shape index (κ2) is 6.78. The van der Waals surface area contributed by atoms with E-state index in [1.807, 2.05) is 20.2 Å². The van der Waals surface area contributed by atoms with Crippen molar-refractivity contribution in [1.29, 1.82) is 0 Å². The van der Waals surface area contributed by atoms with Crippen molar-refractivity contribution in [1.82, 2.24) is 15.1 Å². The predicted molar refractivity (Wildman–Crippen MR) is 108 cm³/mol. The molecule has 7 heteroatoms. The molecule has 4 fully saturated rings. The molecule has 154 valence electrons. The average molecular weight is 388 g/mol. The van der Waals surface area contributed by atoms with Gasteiger partial charge in [-0.25, -0.2) is 0 Å². The van der Waals surface area contributed by atoms with E-state index in [2.05, 4.69) is 29.2 Å². The number of nitrogens with zero attached hydrogens (tertiary/aromatic N) is 3. The number of aromatic nitrogens is 2. The summed E-state index contributed by atoms with van der Waals surface area (Å²) in [6.45, 7) is 5.25. The van der Waals surface area contributed by atoms with Crippen LogP contribution in [-0.4, -0.2) is 41.2 Å². The number of aryl methyl sites for hydroxylation is 1. The van der Waals surface area contributed by atoms with E-state index in [-0.39, 0.29) is 23.3 Å². The van der Waals surface area contributed by atoms with Gasteiger partial charge in [0.2, 0.25) is 5.91 Å². The molecule has 4 aliphatic carbocycles. The Hall–Kier alpha value is -2.05. The van der Waals surface area contributed by atoms with Crippen molar-refractivity contribution < 1.29 is 9.59 Å². The number of hydrogen-bond acceptors (Lipinski definition) is 4. The number of hydrogen-bond donors (Lipinski definition) is 2. The van der Waals surface area contributed by atoms with Gasteiger partial charge in [-0.05, 0) is 55.8 Å². The lowest BCUT2D eigenvalue weighted by atomic mass is 9.47. The van der Waals surface area contributed by atoms with E-state index in [1.165, 1.54) is 0 Å². The summed E-state index contributed by atoms with van der Waals surface area (Å²) in [7, 11) is 3.90. The summed E-state index contributed by atoms with van der Waals surface area (Å²) in [5, 5.41) is 7.72. The standard InChI is InChI=1S/C21H33N5O2/c1-12(2)11-25(3)17-7-16(24-26(17)4)19(27)23-18-14-5-13-6-15(18)10-21(8-13,9-14)20(22)28/h7,12-15,18H,5-6,8-11H2,1-4H3,(H2,22,28)(H,23,27). The number of rotatable bonds is 6. The SMILES string of the molecule is CC(C)CN(C)c1cc(C(=O)NC2C3CC4CC2CC(C(N)=O)(C4)C3)nn1C. The zero-order valence-electron chi connectivity index (χ0n) is 17.4. The van der Waals surface area contributed by atoms with Gasteiger partial charge in [0.1, 0.15) is 5.82 Å². The molecule has 0 saturated heterocycles. The fourth-order valence-corrected chi connectivity index (χ4v) is 6.35. The first-order valence-electron chi connectivity index (χ1n) is 10.5. The summed E-state index contributed by atoms with van der Waals surface area (Å²) in [6.07, 6.45) is 4.79. The Kier molecular flexibility index (Phi) is 4.67. The van der Waals surface area contributed by atoms with Gasteiger partial charge in [-0.2, -0.15) is 5.10 Å². The lowest BCUT2D eigenvalue weighted by Crippen LogP contribution is -2.62. The Morgan fingerprint density at radius 2 is 1.96 bits per heavy atom. The van der Waals surface area contributed by atoms with Gasteiger partial charge in [-0.15, -0.1) is 0 Å². The Labute approximate surface area is 167 Å². The predicted octanol–water partition coefficient (Wildman–Crippen LogP) is 1.92. The largest absolute Gasteiger partial charge is 0.369 e. The quantitative estimate of drug-likeness (QED) is 0.780. The maximum Gasteiger partial charge on any atom is 0.272 e. The van der Waals surface area contributed by atoms with E-state index >= 15 is 0 Å². The van der Waals surface area contributed by atoms with E-state index in [0.717, 1.165) is 44.5 Å². The average Bonchev–Trinajstić information content (AvgIpc) is 2.98. The van der Waals surface area contributed by atoms with Crippen molar-refractivity contribution in [3.05, 3.63) is 11.8 Å². The Balaban J connectivity index is 1.47. The maximum absolute atomic E-state index is 13.0. The van der Waals surface area contributed by atoms with Gasteiger partial charge < -0.3 is 16.0 Å². The molecule has 0 radical (unpaired) electrons. The highest BCUT2D eigenvalue weighted by Crippen LogP contribution is 2.59. The Bertz CT molecular complexity index is 770. The Morgan fingerprint density at radius 1 is 1.32 bits per heavy atom. The highest BCUT2D eigenvalue weighted by Gasteiger charge is 2.58. The van der Waals surface area contributed by atoms with Gasteiger partial charge in [0.15, 0.2) is 5.69 Å². The van der Waals surface area contributed by atoms with Gasteiger partial charge in [0.25, 0.3) is 5.91 Å². The first-order chi connectivity index (χ1) is 13.2. The van der Waals surface area contributed by atoms with Gasteiger partial charge in [0.05, 0.1) is 0 Å². The number of primary amides is 1. The summed E-state index contributed by atoms with van der Waals surface area (Å²) in [6, 6.07) is 2.01. The van der Waals surface area contributed by atoms with Crippen molar-refractivity contribution in [2.24, 2.45) is 41.9 Å². The third kappa shape index (κ3) is 3.18. The molecule has 0 spiro atoms. The second-order valence-electron chi connectivity index (χ2n) is 9.90. The number of amides is 2. The molecule has 5 rings (SSSR count). The van der Waals surface area contributed by atoms with Crippen LogP contribution in [0.5, 0.6) is 0 Å². The minimum atomic E-state index is -0.324. The maximum atomic E-state index is 13.0. The molecule has 0 aliphatic heterocycles. The lowest BCUT2D eigenvalue weighted by Gasteiger charge is -2.58. The summed E-state index contributed by atoms with van der Waals surface area (Å²) < 4.78 is 1.77. The van der Waals surface area contributed by atoms with Gasteiger partial charge in [-0.1, -0.05) is 13.8 Å². The van der Waals surface area contributed by atoms with Crippen LogP contribution in [0.15, 0.2) is 6.07 Å². The zero-order chi connectivity index (χ0) is 20.2. The third-order valence-electron chi connectivity index (χ3n) is 7.21. The molecule has 7 nitrogen and oxygen atoms in total. The van der Waals surface area contributed by atoms with Crippen molar-refractivity contribution >= 4 is 17.6 Å². The Morgan fingerprint density at radius 3 is 2.54 bits per heavy atom. The van der Waals surface area contributed by atoms with Crippen LogP contribution in [-0.2, 0) is 11.8 Å². The summed E-state index contributed by atoms with van der Waals surface area (Å²) in [5.74, 6) is 2.53. The van der Waals surface area contributed by atoms with E-state index in [4.69, 9.17) is 5.73 Å². The molecule has 4 bridgehead atoms. The topological polar surface area (TPSA) is 93.2 Å². The molecule has 3 N–H and O–H groups in total. The third-order valence-corrected chi connectivity index (χ3v) is 7.21. The van der Waals surface area contributed by atoms with Crippen molar-refractivity contribution in [3.63, 3.8) is 0 Å². The fraction of sp³-hybridized carbons (Fsp3) is 0.762. The molecule has 0 aromatic carbocycles. The molecule has 28 heavy (non-hydrogen) atoms. The van der Waals surface area contributed by atoms with Crippen molar-refractivity contribution in [2.75, 3.05) is 18.5 Å². The molecule has 4 saturated carbocycles. The van der Waals surface area contributed by atoms with E-state index in [9.17, 15) is 9.59 Å². The summed E-state index contributed by atoms with van der Waals surface area (Å²) >= 11 is 0. The van der Waals surface area contributed by atoms with Gasteiger partial charge >= 0.3 is 0 Å². The smallest absolute Gasteiger partial charge is 0.272 e. The molecular weight excluding hydrogens is 354 g/mol. The molecule has 2 atom stereocenters. The normalized spacial score (nSPS) is 33.3. The molecule has 4 aliphatic rings. The second-order valence-corrected chi connectivity index (χ2v) is 9.90. The van der Waals surface area contributed by atoms with Crippen LogP contribution in [0.1, 0.15) is 56.4 Å². The first kappa shape index (κ1) is 19.3. The highest BCUT2D eigenvalue weighted by molar-refractivity contribution is 5.93. The molecule has 2 unspecified atom stereocenters. The number of carbonyl (C=O) groups excluding carboxylic acids is 2. The molecule has 1 heterocycles. The van der Waals surface area contributed by atoms with Crippen LogP contribution in [0.3, 0.4) is 0 Å². The van der Waals surface area contributed by atoms with Crippen LogP contribution in [0.4, 0.5) is 5.82 Å². The van der Waals surface area contributed by atoms with Crippen molar-refractivity contribution in [3.8, 4) is 0 Å². The zero-order valence-corrected chi connectivity index (χ0v) is 17.4. The van der Waals surface area contributed by atoms with E-state index < -0.39 is 0 Å². The van der Waals surface area contributed by atoms with Crippen molar-refractivity contribution in [2.45, 2.75) is 52.0 Å². The number of nitrogens with one attached hydrogen (secondary N) is 1. The van der Waals surface area contributed by atoms with E-state index in [0.29, 0.717) is 29.4 Å². The number of anilines is 1. The first-order valence-corrected chi connectivity index (χ1v) is 10.5. The molecule has 1 aromatic heterocycles. The van der Waals surface area contributed by atoms with Crippen LogP contribution in [0.25, 0.3) is 0 Å². The van der Waals surface area contributed by atoms with Crippen LogP contribution in [0, 0.1) is 29.1 Å². The minimum absolute atomic E-state index is 0.106. The fourth-order valence-electron chi connectivity index (χ4n) is 6.35. The number of nitrogens with two attached hydrogens (primary N) is 1. The van der Waals surface area contributed by atoms with Crippen LogP contribution in [0.2, 0.25) is 0 Å². The summed E-state index contributed by atoms with van der Waals surface area (Å²) in [4.78, 5) is 27.2. The lowest BCUT2D eigenvalue weighted by molar-refractivity contribution is -0.145.